The maximum absolute atomic E-state index is 11.6. The van der Waals surface area contributed by atoms with Gasteiger partial charge in [0.05, 0.1) is 18.4 Å². The fourth-order valence-corrected chi connectivity index (χ4v) is 2.97. The molecule has 2 aromatic rings. The monoisotopic (exact) mass is 306 g/mol. The summed E-state index contributed by atoms with van der Waals surface area (Å²) in [5, 5.41) is 9.37. The highest BCUT2D eigenvalue weighted by molar-refractivity contribution is 5.95. The summed E-state index contributed by atoms with van der Waals surface area (Å²) in [6.07, 6.45) is 0.911. The van der Waals surface area contributed by atoms with E-state index in [0.717, 1.165) is 24.4 Å². The van der Waals surface area contributed by atoms with Crippen LogP contribution in [0.15, 0.2) is 36.4 Å². The van der Waals surface area contributed by atoms with Crippen LogP contribution < -0.4 is 9.64 Å². The maximum Gasteiger partial charge on any atom is 0.159 e. The molecule has 3 rings (SSSR count). The number of nitriles is 1. The van der Waals surface area contributed by atoms with Crippen LogP contribution in [0.4, 0.5) is 5.69 Å². The molecule has 0 atom stereocenters. The predicted octanol–water partition coefficient (Wildman–Crippen LogP) is 3.33. The van der Waals surface area contributed by atoms with Crippen molar-refractivity contribution >= 4 is 11.5 Å². The summed E-state index contributed by atoms with van der Waals surface area (Å²) >= 11 is 0. The SMILES string of the molecule is COc1ccc2c(c1)CN(c1cc(C(C)=O)ccc1C#N)CC2. The van der Waals surface area contributed by atoms with Crippen molar-refractivity contribution in [1.29, 1.82) is 5.26 Å². The first kappa shape index (κ1) is 15.1. The zero-order chi connectivity index (χ0) is 16.4. The number of carbonyl (C=O) groups is 1. The molecule has 116 valence electrons. The number of methoxy groups -OCH3 is 1. The Hall–Kier alpha value is -2.80. The number of hydrogen-bond acceptors (Lipinski definition) is 4. The number of carbonyl (C=O) groups excluding carboxylic acids is 1. The van der Waals surface area contributed by atoms with Gasteiger partial charge in [0.25, 0.3) is 0 Å². The van der Waals surface area contributed by atoms with Crippen molar-refractivity contribution in [3.05, 3.63) is 58.7 Å². The van der Waals surface area contributed by atoms with E-state index in [4.69, 9.17) is 4.74 Å². The van der Waals surface area contributed by atoms with E-state index in [2.05, 4.69) is 17.0 Å². The summed E-state index contributed by atoms with van der Waals surface area (Å²) in [6.45, 7) is 3.08. The minimum Gasteiger partial charge on any atom is -0.497 e. The minimum atomic E-state index is 0.00909. The Balaban J connectivity index is 1.98. The molecule has 0 spiro atoms. The molecule has 0 bridgehead atoms. The number of fused-ring (bicyclic) bond motifs is 1. The number of nitrogens with zero attached hydrogens (tertiary/aromatic N) is 2. The van der Waals surface area contributed by atoms with Gasteiger partial charge in [-0.05, 0) is 54.8 Å². The molecule has 1 heterocycles. The smallest absolute Gasteiger partial charge is 0.159 e. The lowest BCUT2D eigenvalue weighted by Crippen LogP contribution is -2.31. The average molecular weight is 306 g/mol. The third kappa shape index (κ3) is 2.91. The highest BCUT2D eigenvalue weighted by atomic mass is 16.5. The van der Waals surface area contributed by atoms with Gasteiger partial charge in [-0.15, -0.1) is 0 Å². The van der Waals surface area contributed by atoms with Gasteiger partial charge in [-0.2, -0.15) is 5.26 Å². The first-order valence-electron chi connectivity index (χ1n) is 7.58. The largest absolute Gasteiger partial charge is 0.497 e. The number of anilines is 1. The number of rotatable bonds is 3. The lowest BCUT2D eigenvalue weighted by atomic mass is 9.97. The Morgan fingerprint density at radius 3 is 2.74 bits per heavy atom. The zero-order valence-corrected chi connectivity index (χ0v) is 13.3. The molecular formula is C19H18N2O2. The molecule has 0 fully saturated rings. The van der Waals surface area contributed by atoms with Crippen LogP contribution in [-0.2, 0) is 13.0 Å². The Labute approximate surface area is 135 Å². The van der Waals surface area contributed by atoms with Gasteiger partial charge in [-0.3, -0.25) is 4.79 Å². The van der Waals surface area contributed by atoms with Crippen LogP contribution >= 0.6 is 0 Å². The fraction of sp³-hybridized carbons (Fsp3) is 0.263. The number of hydrogen-bond donors (Lipinski definition) is 0. The van der Waals surface area contributed by atoms with Crippen LogP contribution in [0.25, 0.3) is 0 Å². The Bertz CT molecular complexity index is 806. The molecule has 1 aliphatic heterocycles. The molecule has 0 radical (unpaired) electrons. The Kier molecular flexibility index (Phi) is 4.03. The number of benzene rings is 2. The minimum absolute atomic E-state index is 0.00909. The maximum atomic E-state index is 11.6. The quantitative estimate of drug-likeness (QED) is 0.816. The molecule has 0 saturated carbocycles. The van der Waals surface area contributed by atoms with Crippen LogP contribution in [-0.4, -0.2) is 19.4 Å². The fourth-order valence-electron chi connectivity index (χ4n) is 2.97. The number of ketones is 1. The topological polar surface area (TPSA) is 53.3 Å². The zero-order valence-electron chi connectivity index (χ0n) is 13.3. The number of ether oxygens (including phenoxy) is 1. The summed E-state index contributed by atoms with van der Waals surface area (Å²) in [4.78, 5) is 13.8. The van der Waals surface area contributed by atoms with Crippen LogP contribution in [0.1, 0.15) is 34.0 Å². The second-order valence-electron chi connectivity index (χ2n) is 5.71. The van der Waals surface area contributed by atoms with Crippen LogP contribution in [0.5, 0.6) is 5.75 Å². The van der Waals surface area contributed by atoms with Crippen LogP contribution in [0.2, 0.25) is 0 Å². The first-order valence-corrected chi connectivity index (χ1v) is 7.58. The second kappa shape index (κ2) is 6.13. The van der Waals surface area contributed by atoms with Crippen molar-refractivity contribution in [3.63, 3.8) is 0 Å². The summed E-state index contributed by atoms with van der Waals surface area (Å²) in [5.74, 6) is 0.846. The van der Waals surface area contributed by atoms with E-state index >= 15 is 0 Å². The van der Waals surface area contributed by atoms with E-state index in [1.165, 1.54) is 11.1 Å². The third-order valence-electron chi connectivity index (χ3n) is 4.29. The van der Waals surface area contributed by atoms with E-state index in [1.54, 1.807) is 26.2 Å². The normalized spacial score (nSPS) is 13.2. The number of Topliss-reactive ketones (excluding diaryl/α,β-unsaturated/α-hetero) is 1. The van der Waals surface area contributed by atoms with Crippen molar-refractivity contribution < 1.29 is 9.53 Å². The Morgan fingerprint density at radius 2 is 2.04 bits per heavy atom. The molecule has 23 heavy (non-hydrogen) atoms. The van der Waals surface area contributed by atoms with Crippen molar-refractivity contribution in [3.8, 4) is 11.8 Å². The molecule has 2 aromatic carbocycles. The van der Waals surface area contributed by atoms with Gasteiger partial charge in [-0.1, -0.05) is 6.07 Å². The molecule has 4 heteroatoms. The van der Waals surface area contributed by atoms with Crippen molar-refractivity contribution in [1.82, 2.24) is 0 Å². The molecule has 0 amide bonds. The summed E-state index contributed by atoms with van der Waals surface area (Å²) in [7, 11) is 1.66. The summed E-state index contributed by atoms with van der Waals surface area (Å²) in [6, 6.07) is 13.6. The van der Waals surface area contributed by atoms with Gasteiger partial charge in [0.2, 0.25) is 0 Å². The molecule has 0 N–H and O–H groups in total. The van der Waals surface area contributed by atoms with Gasteiger partial charge in [-0.25, -0.2) is 0 Å². The van der Waals surface area contributed by atoms with Crippen molar-refractivity contribution in [2.24, 2.45) is 0 Å². The highest BCUT2D eigenvalue weighted by Crippen LogP contribution is 2.30. The molecule has 1 aliphatic rings. The van der Waals surface area contributed by atoms with E-state index in [-0.39, 0.29) is 5.78 Å². The van der Waals surface area contributed by atoms with Crippen LogP contribution in [0.3, 0.4) is 0 Å². The molecule has 0 aliphatic carbocycles. The lowest BCUT2D eigenvalue weighted by molar-refractivity contribution is 0.101. The van der Waals surface area contributed by atoms with Gasteiger partial charge in [0.1, 0.15) is 11.8 Å². The average Bonchev–Trinajstić information content (AvgIpc) is 2.60. The summed E-state index contributed by atoms with van der Waals surface area (Å²) < 4.78 is 5.30. The second-order valence-corrected chi connectivity index (χ2v) is 5.71. The van der Waals surface area contributed by atoms with Gasteiger partial charge >= 0.3 is 0 Å². The third-order valence-corrected chi connectivity index (χ3v) is 4.29. The van der Waals surface area contributed by atoms with E-state index in [0.29, 0.717) is 17.7 Å². The Morgan fingerprint density at radius 1 is 1.22 bits per heavy atom. The van der Waals surface area contributed by atoms with E-state index < -0.39 is 0 Å². The first-order chi connectivity index (χ1) is 11.1. The standard InChI is InChI=1S/C19H18N2O2/c1-13(22)15-3-4-16(11-20)19(10-15)21-8-7-14-5-6-18(23-2)9-17(14)12-21/h3-6,9-10H,7-8,12H2,1-2H3. The molecule has 0 unspecified atom stereocenters. The van der Waals surface area contributed by atoms with Gasteiger partial charge in [0.15, 0.2) is 5.78 Å². The molecule has 0 aromatic heterocycles. The van der Waals surface area contributed by atoms with Crippen molar-refractivity contribution in [2.45, 2.75) is 19.9 Å². The van der Waals surface area contributed by atoms with Gasteiger partial charge < -0.3 is 9.64 Å². The predicted molar refractivity (Wildman–Crippen MR) is 88.9 cm³/mol. The van der Waals surface area contributed by atoms with Crippen LogP contribution in [0, 0.1) is 11.3 Å². The molecular weight excluding hydrogens is 288 g/mol. The lowest BCUT2D eigenvalue weighted by Gasteiger charge is -2.31. The highest BCUT2D eigenvalue weighted by Gasteiger charge is 2.20. The summed E-state index contributed by atoms with van der Waals surface area (Å²) in [5.41, 5.74) is 4.57. The van der Waals surface area contributed by atoms with Gasteiger partial charge in [0, 0.05) is 18.7 Å². The van der Waals surface area contributed by atoms with E-state index in [9.17, 15) is 10.1 Å². The molecule has 4 nitrogen and oxygen atoms in total. The van der Waals surface area contributed by atoms with E-state index in [1.807, 2.05) is 18.2 Å². The molecule has 0 saturated heterocycles. The van der Waals surface area contributed by atoms with Crippen molar-refractivity contribution in [2.75, 3.05) is 18.6 Å².